The molecule has 0 fully saturated rings. The highest BCUT2D eigenvalue weighted by Crippen LogP contribution is 2.28. The van der Waals surface area contributed by atoms with Crippen LogP contribution >= 0.6 is 0 Å². The second-order valence-corrected chi connectivity index (χ2v) is 4.72. The summed E-state index contributed by atoms with van der Waals surface area (Å²) in [6, 6.07) is 11.5. The van der Waals surface area contributed by atoms with Crippen LogP contribution in [0.4, 0.5) is 0 Å². The summed E-state index contributed by atoms with van der Waals surface area (Å²) >= 11 is 0. The molecule has 3 aromatic rings. The van der Waals surface area contributed by atoms with Crippen LogP contribution in [0.15, 0.2) is 59.4 Å². The topological polar surface area (TPSA) is 61.5 Å². The van der Waals surface area contributed by atoms with Gasteiger partial charge in [-0.05, 0) is 11.6 Å². The first kappa shape index (κ1) is 11.0. The number of fused-ring (bicyclic) bond motifs is 1. The number of pyridine rings is 1. The van der Waals surface area contributed by atoms with Crippen molar-refractivity contribution in [3.8, 4) is 11.1 Å². The number of aromatic nitrogens is 3. The van der Waals surface area contributed by atoms with E-state index in [1.54, 1.807) is 0 Å². The highest BCUT2D eigenvalue weighted by Gasteiger charge is 2.14. The van der Waals surface area contributed by atoms with Crippen molar-refractivity contribution in [2.24, 2.45) is 0 Å². The summed E-state index contributed by atoms with van der Waals surface area (Å²) in [6.45, 7) is 0. The predicted octanol–water partition coefficient (Wildman–Crippen LogP) is 2.87. The number of hydrogen-bond donors (Lipinski definition) is 2. The Morgan fingerprint density at radius 2 is 1.90 bits per heavy atom. The molecular formula is C16H11N3O. The summed E-state index contributed by atoms with van der Waals surface area (Å²) in [5, 5.41) is 8.07. The number of aromatic amines is 2. The van der Waals surface area contributed by atoms with Gasteiger partial charge in [0, 0.05) is 16.5 Å². The van der Waals surface area contributed by atoms with Gasteiger partial charge in [0.05, 0.1) is 5.69 Å². The maximum absolute atomic E-state index is 12.2. The number of hydrogen-bond acceptors (Lipinski definition) is 2. The zero-order chi connectivity index (χ0) is 13.5. The van der Waals surface area contributed by atoms with E-state index in [0.29, 0.717) is 11.2 Å². The lowest BCUT2D eigenvalue weighted by Gasteiger charge is -2.05. The Morgan fingerprint density at radius 1 is 1.10 bits per heavy atom. The summed E-state index contributed by atoms with van der Waals surface area (Å²) in [5.41, 5.74) is 4.06. The van der Waals surface area contributed by atoms with Gasteiger partial charge >= 0.3 is 0 Å². The SMILES string of the molecule is O=c1[nH]c2n[nH]c(C3=CC=C3)c2cc1-c1ccccc1. The lowest BCUT2D eigenvalue weighted by Crippen LogP contribution is -2.08. The van der Waals surface area contributed by atoms with Gasteiger partial charge in [0.2, 0.25) is 0 Å². The van der Waals surface area contributed by atoms with E-state index in [0.717, 1.165) is 22.2 Å². The molecule has 1 aliphatic rings. The van der Waals surface area contributed by atoms with Crippen LogP contribution in [0, 0.1) is 0 Å². The van der Waals surface area contributed by atoms with Gasteiger partial charge in [-0.2, -0.15) is 5.10 Å². The summed E-state index contributed by atoms with van der Waals surface area (Å²) in [4.78, 5) is 15.0. The van der Waals surface area contributed by atoms with Gasteiger partial charge in [-0.1, -0.05) is 48.6 Å². The molecule has 0 saturated carbocycles. The Bertz CT molecular complexity index is 914. The Hall–Kier alpha value is -2.88. The first-order valence-electron chi connectivity index (χ1n) is 6.38. The number of H-pyrrole nitrogens is 2. The van der Waals surface area contributed by atoms with E-state index in [1.807, 2.05) is 54.6 Å². The molecule has 0 unspecified atom stereocenters. The van der Waals surface area contributed by atoms with Crippen LogP contribution in [0.5, 0.6) is 0 Å². The number of nitrogens with zero attached hydrogens (tertiary/aromatic N) is 1. The second-order valence-electron chi connectivity index (χ2n) is 4.72. The Balaban J connectivity index is 1.98. The fourth-order valence-corrected chi connectivity index (χ4v) is 2.38. The molecule has 0 spiro atoms. The smallest absolute Gasteiger partial charge is 0.257 e. The minimum absolute atomic E-state index is 0.125. The number of benzene rings is 1. The summed E-state index contributed by atoms with van der Waals surface area (Å²) in [6.07, 6.45) is 6.01. The van der Waals surface area contributed by atoms with E-state index >= 15 is 0 Å². The highest BCUT2D eigenvalue weighted by molar-refractivity contribution is 5.95. The van der Waals surface area contributed by atoms with Crippen molar-refractivity contribution >= 4 is 16.6 Å². The Labute approximate surface area is 114 Å². The average Bonchev–Trinajstić information content (AvgIpc) is 2.80. The number of nitrogens with one attached hydrogen (secondary N) is 2. The zero-order valence-electron chi connectivity index (χ0n) is 10.6. The van der Waals surface area contributed by atoms with E-state index < -0.39 is 0 Å². The average molecular weight is 261 g/mol. The molecule has 4 rings (SSSR count). The molecule has 2 aromatic heterocycles. The van der Waals surface area contributed by atoms with Crippen molar-refractivity contribution in [3.63, 3.8) is 0 Å². The molecule has 2 heterocycles. The minimum Gasteiger partial charge on any atom is -0.305 e. The van der Waals surface area contributed by atoms with Crippen LogP contribution in [0.1, 0.15) is 5.69 Å². The van der Waals surface area contributed by atoms with Gasteiger partial charge in [0.1, 0.15) is 0 Å². The third-order valence-corrected chi connectivity index (χ3v) is 3.49. The van der Waals surface area contributed by atoms with Gasteiger partial charge in [0.15, 0.2) is 5.65 Å². The highest BCUT2D eigenvalue weighted by atomic mass is 16.1. The van der Waals surface area contributed by atoms with Gasteiger partial charge in [-0.3, -0.25) is 9.89 Å². The summed E-state index contributed by atoms with van der Waals surface area (Å²) in [5.74, 6) is 0. The van der Waals surface area contributed by atoms with E-state index in [4.69, 9.17) is 0 Å². The van der Waals surface area contributed by atoms with Gasteiger partial charge in [-0.25, -0.2) is 0 Å². The Kier molecular flexibility index (Phi) is 2.23. The maximum Gasteiger partial charge on any atom is 0.257 e. The number of allylic oxidation sites excluding steroid dienone is 4. The van der Waals surface area contributed by atoms with Gasteiger partial charge in [-0.15, -0.1) is 0 Å². The van der Waals surface area contributed by atoms with Crippen LogP contribution in [-0.4, -0.2) is 15.2 Å². The third kappa shape index (κ3) is 1.55. The maximum atomic E-state index is 12.2. The molecule has 4 heteroatoms. The lowest BCUT2D eigenvalue weighted by atomic mass is 10.0. The first-order valence-corrected chi connectivity index (χ1v) is 6.38. The Morgan fingerprint density at radius 3 is 2.60 bits per heavy atom. The van der Waals surface area contributed by atoms with E-state index in [9.17, 15) is 4.79 Å². The van der Waals surface area contributed by atoms with Gasteiger partial charge < -0.3 is 4.98 Å². The van der Waals surface area contributed by atoms with Crippen molar-refractivity contribution in [2.75, 3.05) is 0 Å². The molecule has 1 aliphatic carbocycles. The largest absolute Gasteiger partial charge is 0.305 e. The molecule has 0 bridgehead atoms. The van der Waals surface area contributed by atoms with Crippen molar-refractivity contribution in [2.45, 2.75) is 0 Å². The fourth-order valence-electron chi connectivity index (χ4n) is 2.38. The predicted molar refractivity (Wildman–Crippen MR) is 79.3 cm³/mol. The van der Waals surface area contributed by atoms with Crippen molar-refractivity contribution in [1.82, 2.24) is 15.2 Å². The van der Waals surface area contributed by atoms with Crippen LogP contribution in [0.3, 0.4) is 0 Å². The standard InChI is InChI=1S/C16H11N3O/c20-16-12(10-5-2-1-3-6-10)9-13-14(11-7-4-8-11)18-19-15(13)17-16/h1-9H,(H2,17,18,19,20). The normalized spacial score (nSPS) is 13.3. The van der Waals surface area contributed by atoms with Gasteiger partial charge in [0.25, 0.3) is 5.56 Å². The molecule has 0 amide bonds. The fraction of sp³-hybridized carbons (Fsp3) is 0. The second kappa shape index (κ2) is 4.06. The van der Waals surface area contributed by atoms with Crippen LogP contribution in [0.2, 0.25) is 0 Å². The molecule has 2 N–H and O–H groups in total. The minimum atomic E-state index is -0.125. The lowest BCUT2D eigenvalue weighted by molar-refractivity contribution is 1.08. The van der Waals surface area contributed by atoms with Crippen LogP contribution in [0.25, 0.3) is 27.7 Å². The van der Waals surface area contributed by atoms with E-state index in [-0.39, 0.29) is 5.56 Å². The summed E-state index contributed by atoms with van der Waals surface area (Å²) < 4.78 is 0. The van der Waals surface area contributed by atoms with Crippen molar-refractivity contribution in [3.05, 3.63) is 70.7 Å². The molecule has 96 valence electrons. The molecule has 0 atom stereocenters. The van der Waals surface area contributed by atoms with Crippen LogP contribution in [-0.2, 0) is 0 Å². The molecule has 0 aliphatic heterocycles. The van der Waals surface area contributed by atoms with Crippen LogP contribution < -0.4 is 5.56 Å². The molecular weight excluding hydrogens is 250 g/mol. The molecule has 0 radical (unpaired) electrons. The molecule has 4 nitrogen and oxygen atoms in total. The molecule has 20 heavy (non-hydrogen) atoms. The third-order valence-electron chi connectivity index (χ3n) is 3.49. The van der Waals surface area contributed by atoms with E-state index in [2.05, 4.69) is 15.2 Å². The van der Waals surface area contributed by atoms with Crippen molar-refractivity contribution < 1.29 is 0 Å². The summed E-state index contributed by atoms with van der Waals surface area (Å²) in [7, 11) is 0. The molecule has 0 saturated heterocycles. The quantitative estimate of drug-likeness (QED) is 0.745. The van der Waals surface area contributed by atoms with Crippen molar-refractivity contribution in [1.29, 1.82) is 0 Å². The van der Waals surface area contributed by atoms with E-state index in [1.165, 1.54) is 0 Å². The number of rotatable bonds is 2. The molecule has 1 aromatic carbocycles. The zero-order valence-corrected chi connectivity index (χ0v) is 10.6. The monoisotopic (exact) mass is 261 g/mol. The first-order chi connectivity index (χ1) is 9.83.